The highest BCUT2D eigenvalue weighted by Gasteiger charge is 2.15. The van der Waals surface area contributed by atoms with Crippen molar-refractivity contribution >= 4 is 17.3 Å². The Kier molecular flexibility index (Phi) is 3.27. The quantitative estimate of drug-likeness (QED) is 0.619. The van der Waals surface area contributed by atoms with Crippen LogP contribution in [0.3, 0.4) is 0 Å². The normalized spacial score (nSPS) is 12.1. The van der Waals surface area contributed by atoms with Crippen LogP contribution in [0.1, 0.15) is 18.8 Å². The van der Waals surface area contributed by atoms with E-state index >= 15 is 0 Å². The van der Waals surface area contributed by atoms with Crippen LogP contribution in [0.25, 0.3) is 0 Å². The molecule has 0 fully saturated rings. The molecule has 9 heteroatoms. The zero-order valence-corrected chi connectivity index (χ0v) is 10.4. The number of nitrogens with zero attached hydrogens (tertiary/aromatic N) is 5. The van der Waals surface area contributed by atoms with E-state index in [1.54, 1.807) is 10.9 Å². The zero-order chi connectivity index (χ0) is 14.0. The number of nitrogens with two attached hydrogens (primary N) is 1. The van der Waals surface area contributed by atoms with E-state index in [9.17, 15) is 10.1 Å². The average Bonchev–Trinajstić information content (AvgIpc) is 2.74. The Morgan fingerprint density at radius 2 is 2.26 bits per heavy atom. The van der Waals surface area contributed by atoms with Gasteiger partial charge in [-0.05, 0) is 6.92 Å². The molecule has 100 valence electrons. The molecule has 0 aliphatic carbocycles. The predicted molar refractivity (Wildman–Crippen MR) is 68.3 cm³/mol. The molecular weight excluding hydrogens is 250 g/mol. The number of anilines is 2. The van der Waals surface area contributed by atoms with E-state index in [4.69, 9.17) is 5.73 Å². The molecule has 3 N–H and O–H groups in total. The maximum absolute atomic E-state index is 10.7. The number of aromatic nitrogens is 4. The molecule has 2 aromatic rings. The van der Waals surface area contributed by atoms with Crippen molar-refractivity contribution in [1.82, 2.24) is 19.7 Å². The molecule has 1 atom stereocenters. The highest BCUT2D eigenvalue weighted by Crippen LogP contribution is 2.22. The second-order valence-electron chi connectivity index (χ2n) is 4.06. The van der Waals surface area contributed by atoms with Crippen molar-refractivity contribution in [3.8, 4) is 0 Å². The minimum Gasteiger partial charge on any atom is -0.383 e. The molecule has 9 nitrogen and oxygen atoms in total. The maximum atomic E-state index is 10.7. The van der Waals surface area contributed by atoms with Crippen LogP contribution in [0.2, 0.25) is 0 Å². The average molecular weight is 263 g/mol. The largest absolute Gasteiger partial charge is 0.383 e. The Labute approximate surface area is 108 Å². The number of hydrogen-bond donors (Lipinski definition) is 2. The van der Waals surface area contributed by atoms with Crippen molar-refractivity contribution in [3.63, 3.8) is 0 Å². The number of nitrogens with one attached hydrogen (secondary N) is 1. The third kappa shape index (κ3) is 2.76. The summed E-state index contributed by atoms with van der Waals surface area (Å²) >= 11 is 0. The van der Waals surface area contributed by atoms with Crippen LogP contribution in [0.4, 0.5) is 17.3 Å². The summed E-state index contributed by atoms with van der Waals surface area (Å²) in [6.45, 7) is 1.85. The zero-order valence-electron chi connectivity index (χ0n) is 10.4. The van der Waals surface area contributed by atoms with E-state index in [0.29, 0.717) is 11.6 Å². The van der Waals surface area contributed by atoms with Gasteiger partial charge in [0.15, 0.2) is 5.82 Å². The highest BCUT2D eigenvalue weighted by molar-refractivity contribution is 5.53. The number of aryl methyl sites for hydroxylation is 1. The van der Waals surface area contributed by atoms with E-state index in [1.165, 1.54) is 12.1 Å². The van der Waals surface area contributed by atoms with Crippen LogP contribution >= 0.6 is 0 Å². The fraction of sp³-hybridized carbons (Fsp3) is 0.300. The first kappa shape index (κ1) is 12.7. The standard InChI is InChI=1S/C10H13N7O2/c1-6(10-15-12-5-16(10)2)13-9-4-7(17(18)19)3-8(11)14-9/h3-6H,1-2H3,(H3,11,13,14). The summed E-state index contributed by atoms with van der Waals surface area (Å²) in [6.07, 6.45) is 1.57. The van der Waals surface area contributed by atoms with Gasteiger partial charge in [-0.25, -0.2) is 4.98 Å². The summed E-state index contributed by atoms with van der Waals surface area (Å²) in [4.78, 5) is 14.2. The van der Waals surface area contributed by atoms with Crippen molar-refractivity contribution in [3.05, 3.63) is 34.4 Å². The second kappa shape index (κ2) is 4.88. The van der Waals surface area contributed by atoms with Gasteiger partial charge in [0.2, 0.25) is 0 Å². The van der Waals surface area contributed by atoms with Crippen LogP contribution in [0, 0.1) is 10.1 Å². The van der Waals surface area contributed by atoms with Gasteiger partial charge < -0.3 is 15.6 Å². The van der Waals surface area contributed by atoms with Gasteiger partial charge in [-0.3, -0.25) is 10.1 Å². The van der Waals surface area contributed by atoms with E-state index in [-0.39, 0.29) is 17.5 Å². The lowest BCUT2D eigenvalue weighted by molar-refractivity contribution is -0.384. The van der Waals surface area contributed by atoms with Gasteiger partial charge in [-0.15, -0.1) is 10.2 Å². The fourth-order valence-corrected chi connectivity index (χ4v) is 1.69. The minimum absolute atomic E-state index is 0.0851. The second-order valence-corrected chi connectivity index (χ2v) is 4.06. The minimum atomic E-state index is -0.518. The Hall–Kier alpha value is -2.71. The topological polar surface area (TPSA) is 125 Å². The molecule has 0 spiro atoms. The lowest BCUT2D eigenvalue weighted by Crippen LogP contribution is -2.13. The van der Waals surface area contributed by atoms with Gasteiger partial charge in [0.1, 0.15) is 18.0 Å². The van der Waals surface area contributed by atoms with Crippen LogP contribution in [-0.2, 0) is 7.05 Å². The van der Waals surface area contributed by atoms with Gasteiger partial charge in [0.05, 0.1) is 23.1 Å². The monoisotopic (exact) mass is 263 g/mol. The molecule has 0 saturated heterocycles. The Bertz CT molecular complexity index is 610. The molecule has 0 saturated carbocycles. The van der Waals surface area contributed by atoms with Crippen molar-refractivity contribution in [2.24, 2.45) is 7.05 Å². The van der Waals surface area contributed by atoms with E-state index in [1.807, 2.05) is 14.0 Å². The first-order valence-corrected chi connectivity index (χ1v) is 5.49. The molecule has 0 aromatic carbocycles. The van der Waals surface area contributed by atoms with Crippen molar-refractivity contribution in [2.75, 3.05) is 11.1 Å². The number of pyridine rings is 1. The molecular formula is C10H13N7O2. The maximum Gasteiger partial charge on any atom is 0.276 e. The number of hydrogen-bond acceptors (Lipinski definition) is 7. The third-order valence-corrected chi connectivity index (χ3v) is 2.54. The van der Waals surface area contributed by atoms with E-state index < -0.39 is 4.92 Å². The van der Waals surface area contributed by atoms with Crippen LogP contribution in [0.15, 0.2) is 18.5 Å². The van der Waals surface area contributed by atoms with E-state index in [2.05, 4.69) is 20.5 Å². The van der Waals surface area contributed by atoms with Crippen molar-refractivity contribution in [1.29, 1.82) is 0 Å². The molecule has 0 amide bonds. The summed E-state index contributed by atoms with van der Waals surface area (Å²) < 4.78 is 1.75. The van der Waals surface area contributed by atoms with Gasteiger partial charge in [0, 0.05) is 7.05 Å². The Morgan fingerprint density at radius 3 is 2.84 bits per heavy atom. The first-order chi connectivity index (χ1) is 8.97. The van der Waals surface area contributed by atoms with Crippen molar-refractivity contribution < 1.29 is 4.92 Å². The van der Waals surface area contributed by atoms with Crippen LogP contribution in [-0.4, -0.2) is 24.7 Å². The van der Waals surface area contributed by atoms with Crippen LogP contribution in [0.5, 0.6) is 0 Å². The first-order valence-electron chi connectivity index (χ1n) is 5.49. The smallest absolute Gasteiger partial charge is 0.276 e. The molecule has 2 heterocycles. The number of rotatable bonds is 4. The molecule has 2 rings (SSSR count). The Morgan fingerprint density at radius 1 is 1.53 bits per heavy atom. The molecule has 1 unspecified atom stereocenters. The summed E-state index contributed by atoms with van der Waals surface area (Å²) in [7, 11) is 1.81. The van der Waals surface area contributed by atoms with Gasteiger partial charge >= 0.3 is 0 Å². The molecule has 0 radical (unpaired) electrons. The molecule has 19 heavy (non-hydrogen) atoms. The Balaban J connectivity index is 2.24. The van der Waals surface area contributed by atoms with E-state index in [0.717, 1.165) is 0 Å². The number of nitrogen functional groups attached to an aromatic ring is 1. The molecule has 0 bridgehead atoms. The summed E-state index contributed by atoms with van der Waals surface area (Å²) in [5.41, 5.74) is 5.42. The molecule has 0 aliphatic heterocycles. The predicted octanol–water partition coefficient (Wildman–Crippen LogP) is 0.874. The number of nitro groups is 1. The summed E-state index contributed by atoms with van der Waals surface area (Å²) in [6, 6.07) is 2.32. The van der Waals surface area contributed by atoms with Gasteiger partial charge in [0.25, 0.3) is 5.69 Å². The highest BCUT2D eigenvalue weighted by atomic mass is 16.6. The molecule has 2 aromatic heterocycles. The SMILES string of the molecule is CC(Nc1cc([N+](=O)[O-])cc(N)n1)c1nncn1C. The lowest BCUT2D eigenvalue weighted by Gasteiger charge is -2.13. The van der Waals surface area contributed by atoms with Crippen molar-refractivity contribution in [2.45, 2.75) is 13.0 Å². The summed E-state index contributed by atoms with van der Waals surface area (Å²) in [5.74, 6) is 1.09. The van der Waals surface area contributed by atoms with Crippen LogP contribution < -0.4 is 11.1 Å². The fourth-order valence-electron chi connectivity index (χ4n) is 1.69. The summed E-state index contributed by atoms with van der Waals surface area (Å²) in [5, 5.41) is 21.5. The lowest BCUT2D eigenvalue weighted by atomic mass is 10.3. The van der Waals surface area contributed by atoms with Gasteiger partial charge in [-0.2, -0.15) is 0 Å². The van der Waals surface area contributed by atoms with Gasteiger partial charge in [-0.1, -0.05) is 0 Å². The molecule has 0 aliphatic rings. The third-order valence-electron chi connectivity index (χ3n) is 2.54.